The molecular weight excluding hydrogens is 422 g/mol. The van der Waals surface area contributed by atoms with Gasteiger partial charge in [0.05, 0.1) is 6.54 Å². The van der Waals surface area contributed by atoms with E-state index in [9.17, 15) is 4.79 Å². The SMILES string of the molecule is CN1CCN(c2ccc(C#CCNC(=O)OCC3c4ccccc4-c4ccccc43)cc2)CC1. The highest BCUT2D eigenvalue weighted by atomic mass is 16.5. The smallest absolute Gasteiger partial charge is 0.407 e. The lowest BCUT2D eigenvalue weighted by molar-refractivity contribution is 0.144. The predicted molar refractivity (Wildman–Crippen MR) is 136 cm³/mol. The molecule has 1 heterocycles. The molecule has 5 heteroatoms. The molecule has 1 saturated heterocycles. The summed E-state index contributed by atoms with van der Waals surface area (Å²) < 4.78 is 5.56. The lowest BCUT2D eigenvalue weighted by Gasteiger charge is -2.34. The highest BCUT2D eigenvalue weighted by Crippen LogP contribution is 2.44. The number of carbonyl (C=O) groups excluding carboxylic acids is 1. The molecule has 0 unspecified atom stereocenters. The van der Waals surface area contributed by atoms with Crippen LogP contribution < -0.4 is 10.2 Å². The number of amides is 1. The number of ether oxygens (including phenoxy) is 1. The number of hydrogen-bond donors (Lipinski definition) is 1. The Balaban J connectivity index is 1.11. The van der Waals surface area contributed by atoms with Crippen LogP contribution in [0.15, 0.2) is 72.8 Å². The van der Waals surface area contributed by atoms with E-state index in [4.69, 9.17) is 4.74 Å². The molecule has 3 aromatic carbocycles. The third-order valence-corrected chi connectivity index (χ3v) is 6.63. The van der Waals surface area contributed by atoms with E-state index >= 15 is 0 Å². The summed E-state index contributed by atoms with van der Waals surface area (Å²) in [5.41, 5.74) is 7.02. The van der Waals surface area contributed by atoms with Crippen molar-refractivity contribution in [3.8, 4) is 23.0 Å². The summed E-state index contributed by atoms with van der Waals surface area (Å²) in [5, 5.41) is 2.74. The number of fused-ring (bicyclic) bond motifs is 3. The molecule has 34 heavy (non-hydrogen) atoms. The maximum Gasteiger partial charge on any atom is 0.407 e. The Kier molecular flexibility index (Phi) is 6.51. The normalized spacial score (nSPS) is 15.1. The number of hydrogen-bond acceptors (Lipinski definition) is 4. The number of carbonyl (C=O) groups is 1. The van der Waals surface area contributed by atoms with Gasteiger partial charge in [0.15, 0.2) is 0 Å². The van der Waals surface area contributed by atoms with Crippen LogP contribution in [-0.4, -0.2) is 57.4 Å². The van der Waals surface area contributed by atoms with Crippen LogP contribution in [0, 0.1) is 11.8 Å². The maximum absolute atomic E-state index is 12.3. The van der Waals surface area contributed by atoms with Crippen LogP contribution in [0.5, 0.6) is 0 Å². The van der Waals surface area contributed by atoms with Gasteiger partial charge in [0.25, 0.3) is 0 Å². The fraction of sp³-hybridized carbons (Fsp3) is 0.276. The monoisotopic (exact) mass is 451 g/mol. The van der Waals surface area contributed by atoms with Crippen molar-refractivity contribution in [3.05, 3.63) is 89.5 Å². The second-order valence-corrected chi connectivity index (χ2v) is 8.82. The Morgan fingerprint density at radius 1 is 0.912 bits per heavy atom. The lowest BCUT2D eigenvalue weighted by Crippen LogP contribution is -2.44. The molecule has 0 atom stereocenters. The van der Waals surface area contributed by atoms with E-state index in [0.717, 1.165) is 31.7 Å². The van der Waals surface area contributed by atoms with Crippen LogP contribution in [0.2, 0.25) is 0 Å². The average molecular weight is 452 g/mol. The zero-order valence-corrected chi connectivity index (χ0v) is 19.5. The summed E-state index contributed by atoms with van der Waals surface area (Å²) in [6.07, 6.45) is -0.443. The number of piperazine rings is 1. The van der Waals surface area contributed by atoms with Crippen molar-refractivity contribution in [1.29, 1.82) is 0 Å². The van der Waals surface area contributed by atoms with Gasteiger partial charge in [-0.05, 0) is 53.6 Å². The minimum Gasteiger partial charge on any atom is -0.449 e. The topological polar surface area (TPSA) is 44.8 Å². The second kappa shape index (κ2) is 10.0. The van der Waals surface area contributed by atoms with Crippen LogP contribution in [0.4, 0.5) is 10.5 Å². The van der Waals surface area contributed by atoms with Gasteiger partial charge in [-0.2, -0.15) is 0 Å². The zero-order chi connectivity index (χ0) is 23.3. The van der Waals surface area contributed by atoms with Crippen LogP contribution in [-0.2, 0) is 4.74 Å². The number of nitrogens with zero attached hydrogens (tertiary/aromatic N) is 2. The average Bonchev–Trinajstić information content (AvgIpc) is 3.20. The molecule has 1 aliphatic heterocycles. The molecule has 1 amide bonds. The summed E-state index contributed by atoms with van der Waals surface area (Å²) >= 11 is 0. The number of likely N-dealkylation sites (N-methyl/N-ethyl adjacent to an activating group) is 1. The van der Waals surface area contributed by atoms with E-state index in [1.807, 2.05) is 36.4 Å². The molecule has 1 N–H and O–H groups in total. The van der Waals surface area contributed by atoms with E-state index in [1.165, 1.54) is 27.9 Å². The van der Waals surface area contributed by atoms with E-state index in [2.05, 4.69) is 70.4 Å². The van der Waals surface area contributed by atoms with Crippen molar-refractivity contribution < 1.29 is 9.53 Å². The van der Waals surface area contributed by atoms with Gasteiger partial charge >= 0.3 is 6.09 Å². The number of rotatable bonds is 4. The molecule has 5 rings (SSSR count). The van der Waals surface area contributed by atoms with Gasteiger partial charge in [-0.25, -0.2) is 4.79 Å². The molecule has 1 fully saturated rings. The fourth-order valence-corrected chi connectivity index (χ4v) is 4.73. The maximum atomic E-state index is 12.3. The van der Waals surface area contributed by atoms with Crippen molar-refractivity contribution in [1.82, 2.24) is 10.2 Å². The van der Waals surface area contributed by atoms with Gasteiger partial charge in [-0.15, -0.1) is 0 Å². The Morgan fingerprint density at radius 3 is 2.18 bits per heavy atom. The summed E-state index contributed by atoms with van der Waals surface area (Å²) in [6.45, 7) is 4.82. The van der Waals surface area contributed by atoms with Gasteiger partial charge in [0.2, 0.25) is 0 Å². The van der Waals surface area contributed by atoms with Gasteiger partial charge in [-0.3, -0.25) is 0 Å². The van der Waals surface area contributed by atoms with Gasteiger partial charge in [0, 0.05) is 43.3 Å². The molecular formula is C29H29N3O2. The Morgan fingerprint density at radius 2 is 1.53 bits per heavy atom. The predicted octanol–water partition coefficient (Wildman–Crippen LogP) is 4.33. The second-order valence-electron chi connectivity index (χ2n) is 8.82. The number of benzene rings is 3. The summed E-state index contributed by atoms with van der Waals surface area (Å²) in [6, 6.07) is 24.9. The van der Waals surface area contributed by atoms with Crippen molar-refractivity contribution in [2.45, 2.75) is 5.92 Å². The van der Waals surface area contributed by atoms with Crippen LogP contribution in [0.1, 0.15) is 22.6 Å². The number of nitrogens with one attached hydrogen (secondary N) is 1. The van der Waals surface area contributed by atoms with Gasteiger partial charge in [-0.1, -0.05) is 60.4 Å². The highest BCUT2D eigenvalue weighted by molar-refractivity contribution is 5.79. The molecule has 5 nitrogen and oxygen atoms in total. The van der Waals surface area contributed by atoms with E-state index < -0.39 is 6.09 Å². The van der Waals surface area contributed by atoms with E-state index in [-0.39, 0.29) is 12.5 Å². The first-order valence-corrected chi connectivity index (χ1v) is 11.8. The summed E-state index contributed by atoms with van der Waals surface area (Å²) in [5.74, 6) is 6.19. The first-order valence-electron chi connectivity index (χ1n) is 11.8. The van der Waals surface area contributed by atoms with Crippen molar-refractivity contribution in [3.63, 3.8) is 0 Å². The lowest BCUT2D eigenvalue weighted by atomic mass is 9.98. The standard InChI is InChI=1S/C29H29N3O2/c1-31-17-19-32(20-18-31)23-14-12-22(13-15-23)7-6-16-30-29(33)34-21-28-26-10-4-2-8-24(26)25-9-3-5-11-27(25)28/h2-5,8-15,28H,16-21H2,1H3,(H,30,33). The quantitative estimate of drug-likeness (QED) is 0.600. The van der Waals surface area contributed by atoms with E-state index in [1.54, 1.807) is 0 Å². The minimum atomic E-state index is -0.443. The third-order valence-electron chi connectivity index (χ3n) is 6.63. The van der Waals surface area contributed by atoms with E-state index in [0.29, 0.717) is 6.61 Å². The molecule has 1 aliphatic carbocycles. The minimum absolute atomic E-state index is 0.0584. The molecule has 0 spiro atoms. The number of anilines is 1. The Labute approximate surface area is 201 Å². The molecule has 2 aliphatic rings. The molecule has 0 aromatic heterocycles. The summed E-state index contributed by atoms with van der Waals surface area (Å²) in [7, 11) is 2.16. The molecule has 0 saturated carbocycles. The van der Waals surface area contributed by atoms with Crippen molar-refractivity contribution in [2.75, 3.05) is 51.3 Å². The molecule has 3 aromatic rings. The van der Waals surface area contributed by atoms with Gasteiger partial charge in [0.1, 0.15) is 6.61 Å². The van der Waals surface area contributed by atoms with Gasteiger partial charge < -0.3 is 19.9 Å². The van der Waals surface area contributed by atoms with Crippen LogP contribution in [0.25, 0.3) is 11.1 Å². The number of alkyl carbamates (subject to hydrolysis) is 1. The largest absolute Gasteiger partial charge is 0.449 e. The first kappa shape index (κ1) is 22.1. The van der Waals surface area contributed by atoms with Crippen molar-refractivity contribution >= 4 is 11.8 Å². The first-order chi connectivity index (χ1) is 16.7. The summed E-state index contributed by atoms with van der Waals surface area (Å²) in [4.78, 5) is 17.0. The molecule has 172 valence electrons. The Bertz CT molecular complexity index is 1170. The highest BCUT2D eigenvalue weighted by Gasteiger charge is 2.28. The Hall–Kier alpha value is -3.75. The van der Waals surface area contributed by atoms with Crippen molar-refractivity contribution in [2.24, 2.45) is 0 Å². The molecule has 0 radical (unpaired) electrons. The van der Waals surface area contributed by atoms with Crippen LogP contribution >= 0.6 is 0 Å². The fourth-order valence-electron chi connectivity index (χ4n) is 4.73. The third kappa shape index (κ3) is 4.78. The van der Waals surface area contributed by atoms with Crippen LogP contribution in [0.3, 0.4) is 0 Å². The zero-order valence-electron chi connectivity index (χ0n) is 19.5. The molecule has 0 bridgehead atoms.